The fourth-order valence-corrected chi connectivity index (χ4v) is 1.80. The largest absolute Gasteiger partial charge is 0.391 e. The minimum Gasteiger partial charge on any atom is -0.391 e. The van der Waals surface area contributed by atoms with Crippen LogP contribution >= 0.6 is 0 Å². The first kappa shape index (κ1) is 17.4. The van der Waals surface area contributed by atoms with Crippen LogP contribution in [0.15, 0.2) is 29.3 Å². The second-order valence-corrected chi connectivity index (χ2v) is 4.69. The van der Waals surface area contributed by atoms with Gasteiger partial charge in [0.05, 0.1) is 12.6 Å². The first-order chi connectivity index (χ1) is 10.1. The van der Waals surface area contributed by atoms with Crippen LogP contribution in [0, 0.1) is 5.82 Å². The van der Waals surface area contributed by atoms with Crippen molar-refractivity contribution in [3.63, 3.8) is 0 Å². The van der Waals surface area contributed by atoms with Gasteiger partial charge in [0.15, 0.2) is 5.96 Å². The van der Waals surface area contributed by atoms with Crippen molar-refractivity contribution in [2.45, 2.75) is 25.9 Å². The SMILES string of the molecule is CCOCCCNC(N)=NCC(O)Cc1cccc(F)c1. The molecule has 0 aromatic heterocycles. The Morgan fingerprint density at radius 2 is 2.33 bits per heavy atom. The Kier molecular flexibility index (Phi) is 8.38. The van der Waals surface area contributed by atoms with Crippen molar-refractivity contribution in [3.8, 4) is 0 Å². The average Bonchev–Trinajstić information content (AvgIpc) is 2.45. The van der Waals surface area contributed by atoms with Crippen LogP contribution in [0.2, 0.25) is 0 Å². The summed E-state index contributed by atoms with van der Waals surface area (Å²) in [5, 5.41) is 12.8. The van der Waals surface area contributed by atoms with E-state index < -0.39 is 6.10 Å². The van der Waals surface area contributed by atoms with Crippen LogP contribution in [0.1, 0.15) is 18.9 Å². The summed E-state index contributed by atoms with van der Waals surface area (Å²) in [4.78, 5) is 4.06. The Morgan fingerprint density at radius 1 is 1.52 bits per heavy atom. The molecule has 1 unspecified atom stereocenters. The number of hydrogen-bond acceptors (Lipinski definition) is 3. The number of nitrogens with zero attached hydrogens (tertiary/aromatic N) is 1. The minimum absolute atomic E-state index is 0.181. The zero-order chi connectivity index (χ0) is 15.5. The molecular formula is C15H24FN3O2. The number of rotatable bonds is 9. The molecule has 1 rings (SSSR count). The van der Waals surface area contributed by atoms with E-state index in [4.69, 9.17) is 10.5 Å². The maximum atomic E-state index is 13.0. The van der Waals surface area contributed by atoms with Gasteiger partial charge in [-0.25, -0.2) is 4.39 Å². The van der Waals surface area contributed by atoms with Crippen LogP contribution in [-0.4, -0.2) is 43.5 Å². The normalized spacial score (nSPS) is 13.2. The van der Waals surface area contributed by atoms with Crippen LogP contribution < -0.4 is 11.1 Å². The molecule has 0 bridgehead atoms. The Morgan fingerprint density at radius 3 is 3.05 bits per heavy atom. The molecule has 0 aliphatic heterocycles. The monoisotopic (exact) mass is 297 g/mol. The molecule has 0 aliphatic carbocycles. The molecule has 0 fully saturated rings. The quantitative estimate of drug-likeness (QED) is 0.362. The number of benzene rings is 1. The highest BCUT2D eigenvalue weighted by atomic mass is 19.1. The van der Waals surface area contributed by atoms with Gasteiger partial charge in [-0.1, -0.05) is 12.1 Å². The first-order valence-electron chi connectivity index (χ1n) is 7.16. The molecule has 0 spiro atoms. The third-order valence-electron chi connectivity index (χ3n) is 2.81. The van der Waals surface area contributed by atoms with E-state index in [1.807, 2.05) is 6.92 Å². The highest BCUT2D eigenvalue weighted by Gasteiger charge is 2.06. The number of aliphatic imine (C=N–C) groups is 1. The van der Waals surface area contributed by atoms with Crippen LogP contribution in [0.25, 0.3) is 0 Å². The average molecular weight is 297 g/mol. The van der Waals surface area contributed by atoms with Gasteiger partial charge in [-0.2, -0.15) is 0 Å². The molecule has 0 heterocycles. The zero-order valence-corrected chi connectivity index (χ0v) is 12.4. The van der Waals surface area contributed by atoms with E-state index in [-0.39, 0.29) is 12.4 Å². The predicted molar refractivity (Wildman–Crippen MR) is 81.7 cm³/mol. The van der Waals surface area contributed by atoms with E-state index in [9.17, 15) is 9.50 Å². The van der Waals surface area contributed by atoms with Crippen molar-refractivity contribution < 1.29 is 14.2 Å². The zero-order valence-electron chi connectivity index (χ0n) is 12.4. The summed E-state index contributed by atoms with van der Waals surface area (Å²) in [5.41, 5.74) is 6.42. The lowest BCUT2D eigenvalue weighted by molar-refractivity contribution is 0.145. The van der Waals surface area contributed by atoms with E-state index in [1.165, 1.54) is 12.1 Å². The highest BCUT2D eigenvalue weighted by Crippen LogP contribution is 2.06. The second kappa shape index (κ2) is 10.1. The number of aliphatic hydroxyl groups is 1. The molecule has 5 nitrogen and oxygen atoms in total. The summed E-state index contributed by atoms with van der Waals surface area (Å²) in [6.45, 7) is 4.19. The molecule has 0 aliphatic rings. The standard InChI is InChI=1S/C15H24FN3O2/c1-2-21-8-4-7-18-15(17)19-11-14(20)10-12-5-3-6-13(16)9-12/h3,5-6,9,14,20H,2,4,7-8,10-11H2,1H3,(H3,17,18,19). The number of ether oxygens (including phenoxy) is 1. The number of aliphatic hydroxyl groups excluding tert-OH is 1. The van der Waals surface area contributed by atoms with Crippen molar-refractivity contribution in [2.75, 3.05) is 26.3 Å². The predicted octanol–water partition coefficient (Wildman–Crippen LogP) is 1.06. The second-order valence-electron chi connectivity index (χ2n) is 4.69. The van der Waals surface area contributed by atoms with Crippen molar-refractivity contribution in [1.82, 2.24) is 5.32 Å². The van der Waals surface area contributed by atoms with Gasteiger partial charge < -0.3 is 20.9 Å². The molecule has 4 N–H and O–H groups in total. The number of guanidine groups is 1. The Hall–Kier alpha value is -1.66. The van der Waals surface area contributed by atoms with Gasteiger partial charge in [0.2, 0.25) is 0 Å². The smallest absolute Gasteiger partial charge is 0.188 e. The third-order valence-corrected chi connectivity index (χ3v) is 2.81. The Bertz CT molecular complexity index is 441. The maximum Gasteiger partial charge on any atom is 0.188 e. The topological polar surface area (TPSA) is 79.9 Å². The van der Waals surface area contributed by atoms with Gasteiger partial charge in [-0.05, 0) is 31.0 Å². The Labute approximate surface area is 125 Å². The molecular weight excluding hydrogens is 273 g/mol. The molecule has 0 saturated carbocycles. The molecule has 1 aromatic carbocycles. The molecule has 0 radical (unpaired) electrons. The van der Waals surface area contributed by atoms with E-state index in [2.05, 4.69) is 10.3 Å². The van der Waals surface area contributed by atoms with Gasteiger partial charge in [0, 0.05) is 26.2 Å². The van der Waals surface area contributed by atoms with Crippen LogP contribution in [0.4, 0.5) is 4.39 Å². The van der Waals surface area contributed by atoms with Crippen LogP contribution in [-0.2, 0) is 11.2 Å². The van der Waals surface area contributed by atoms with Crippen LogP contribution in [0.5, 0.6) is 0 Å². The molecule has 21 heavy (non-hydrogen) atoms. The van der Waals surface area contributed by atoms with Crippen molar-refractivity contribution in [3.05, 3.63) is 35.6 Å². The number of halogens is 1. The number of nitrogens with two attached hydrogens (primary N) is 1. The molecule has 0 amide bonds. The molecule has 6 heteroatoms. The minimum atomic E-state index is -0.685. The summed E-state index contributed by atoms with van der Waals surface area (Å²) in [5.74, 6) is -0.0107. The number of hydrogen-bond donors (Lipinski definition) is 3. The summed E-state index contributed by atoms with van der Waals surface area (Å²) in [6, 6.07) is 6.17. The lowest BCUT2D eigenvalue weighted by Gasteiger charge is -2.10. The summed E-state index contributed by atoms with van der Waals surface area (Å²) in [7, 11) is 0. The first-order valence-corrected chi connectivity index (χ1v) is 7.16. The third kappa shape index (κ3) is 8.27. The van der Waals surface area contributed by atoms with Crippen molar-refractivity contribution in [1.29, 1.82) is 0 Å². The number of nitrogens with one attached hydrogen (secondary N) is 1. The van der Waals surface area contributed by atoms with E-state index >= 15 is 0 Å². The van der Waals surface area contributed by atoms with Gasteiger partial charge in [0.1, 0.15) is 5.82 Å². The fourth-order valence-electron chi connectivity index (χ4n) is 1.80. The van der Waals surface area contributed by atoms with Gasteiger partial charge in [-0.15, -0.1) is 0 Å². The highest BCUT2D eigenvalue weighted by molar-refractivity contribution is 5.77. The molecule has 1 aromatic rings. The Balaban J connectivity index is 2.24. The lowest BCUT2D eigenvalue weighted by Crippen LogP contribution is -2.34. The van der Waals surface area contributed by atoms with Crippen LogP contribution in [0.3, 0.4) is 0 Å². The van der Waals surface area contributed by atoms with Gasteiger partial charge in [0.25, 0.3) is 0 Å². The molecule has 1 atom stereocenters. The summed E-state index contributed by atoms with van der Waals surface area (Å²) in [6.07, 6.45) is 0.505. The molecule has 118 valence electrons. The molecule has 0 saturated heterocycles. The van der Waals surface area contributed by atoms with E-state index in [0.717, 1.165) is 12.0 Å². The lowest BCUT2D eigenvalue weighted by atomic mass is 10.1. The van der Waals surface area contributed by atoms with E-state index in [0.29, 0.717) is 32.1 Å². The van der Waals surface area contributed by atoms with Crippen molar-refractivity contribution >= 4 is 5.96 Å². The summed E-state index contributed by atoms with van der Waals surface area (Å²) >= 11 is 0. The van der Waals surface area contributed by atoms with Crippen molar-refractivity contribution in [2.24, 2.45) is 10.7 Å². The fraction of sp³-hybridized carbons (Fsp3) is 0.533. The summed E-state index contributed by atoms with van der Waals surface area (Å²) < 4.78 is 18.2. The van der Waals surface area contributed by atoms with E-state index in [1.54, 1.807) is 12.1 Å². The maximum absolute atomic E-state index is 13.0. The van der Waals surface area contributed by atoms with Gasteiger partial charge in [-0.3, -0.25) is 4.99 Å². The van der Waals surface area contributed by atoms with Gasteiger partial charge >= 0.3 is 0 Å².